The Hall–Kier alpha value is -2.45. The molecule has 0 spiro atoms. The summed E-state index contributed by atoms with van der Waals surface area (Å²) >= 11 is 0. The SMILES string of the molecule is Cn1ccnc1C1CNCCN1CC(=O)N1CCN(c2ccc(F)cc2)CC1. The van der Waals surface area contributed by atoms with E-state index in [4.69, 9.17) is 0 Å². The van der Waals surface area contributed by atoms with Crippen molar-refractivity contribution >= 4 is 11.6 Å². The number of nitrogens with zero attached hydrogens (tertiary/aromatic N) is 5. The van der Waals surface area contributed by atoms with E-state index >= 15 is 0 Å². The minimum atomic E-state index is -0.226. The van der Waals surface area contributed by atoms with Gasteiger partial charge in [0.05, 0.1) is 12.6 Å². The molecule has 7 nitrogen and oxygen atoms in total. The van der Waals surface area contributed by atoms with Gasteiger partial charge in [0.2, 0.25) is 5.91 Å². The van der Waals surface area contributed by atoms with Crippen LogP contribution in [0.4, 0.5) is 10.1 Å². The van der Waals surface area contributed by atoms with Crippen molar-refractivity contribution < 1.29 is 9.18 Å². The summed E-state index contributed by atoms with van der Waals surface area (Å²) in [4.78, 5) is 23.8. The van der Waals surface area contributed by atoms with E-state index in [-0.39, 0.29) is 17.8 Å². The fourth-order valence-corrected chi connectivity index (χ4v) is 4.03. The van der Waals surface area contributed by atoms with E-state index in [0.717, 1.165) is 44.2 Å². The third-order valence-electron chi connectivity index (χ3n) is 5.67. The molecule has 2 aliphatic heterocycles. The van der Waals surface area contributed by atoms with Gasteiger partial charge in [0.25, 0.3) is 0 Å². The fraction of sp³-hybridized carbons (Fsp3) is 0.500. The number of aryl methyl sites for hydroxylation is 1. The predicted octanol–water partition coefficient (Wildman–Crippen LogP) is 0.854. The Morgan fingerprint density at radius 3 is 2.61 bits per heavy atom. The van der Waals surface area contributed by atoms with Gasteiger partial charge in [0.15, 0.2) is 0 Å². The smallest absolute Gasteiger partial charge is 0.236 e. The zero-order chi connectivity index (χ0) is 19.5. The van der Waals surface area contributed by atoms with Crippen LogP contribution in [0.1, 0.15) is 11.9 Å². The summed E-state index contributed by atoms with van der Waals surface area (Å²) in [6.07, 6.45) is 3.75. The van der Waals surface area contributed by atoms with Crippen LogP contribution in [0.3, 0.4) is 0 Å². The van der Waals surface area contributed by atoms with Gasteiger partial charge in [-0.1, -0.05) is 0 Å². The largest absolute Gasteiger partial charge is 0.368 e. The van der Waals surface area contributed by atoms with Crippen molar-refractivity contribution in [2.45, 2.75) is 6.04 Å². The van der Waals surface area contributed by atoms with Gasteiger partial charge in [-0.2, -0.15) is 0 Å². The number of piperazine rings is 2. The first kappa shape index (κ1) is 18.9. The number of carbonyl (C=O) groups excluding carboxylic acids is 1. The zero-order valence-corrected chi connectivity index (χ0v) is 16.2. The number of anilines is 1. The standard InChI is InChI=1S/C20H27FN6O/c1-24-8-7-23-20(24)18-14-22-6-9-27(18)15-19(28)26-12-10-25(11-13-26)17-4-2-16(21)3-5-17/h2-5,7-8,18,22H,6,9-15H2,1H3. The summed E-state index contributed by atoms with van der Waals surface area (Å²) in [7, 11) is 1.99. The maximum absolute atomic E-state index is 13.1. The summed E-state index contributed by atoms with van der Waals surface area (Å²) in [6, 6.07) is 6.67. The summed E-state index contributed by atoms with van der Waals surface area (Å²) in [5.41, 5.74) is 1.01. The maximum atomic E-state index is 13.1. The lowest BCUT2D eigenvalue weighted by Crippen LogP contribution is -2.54. The number of halogens is 1. The highest BCUT2D eigenvalue weighted by molar-refractivity contribution is 5.78. The highest BCUT2D eigenvalue weighted by atomic mass is 19.1. The van der Waals surface area contributed by atoms with E-state index in [1.165, 1.54) is 12.1 Å². The van der Waals surface area contributed by atoms with Crippen molar-refractivity contribution in [1.82, 2.24) is 24.7 Å². The van der Waals surface area contributed by atoms with Gasteiger partial charge in [-0.15, -0.1) is 0 Å². The third kappa shape index (κ3) is 4.02. The van der Waals surface area contributed by atoms with Gasteiger partial charge in [-0.3, -0.25) is 9.69 Å². The van der Waals surface area contributed by atoms with Crippen LogP contribution in [0.2, 0.25) is 0 Å². The molecule has 0 bridgehead atoms. The molecule has 1 aromatic heterocycles. The van der Waals surface area contributed by atoms with E-state index < -0.39 is 0 Å². The topological polar surface area (TPSA) is 56.6 Å². The van der Waals surface area contributed by atoms with E-state index in [1.807, 2.05) is 22.7 Å². The molecule has 8 heteroatoms. The van der Waals surface area contributed by atoms with Gasteiger partial charge >= 0.3 is 0 Å². The van der Waals surface area contributed by atoms with E-state index in [2.05, 4.69) is 20.1 Å². The number of hydrogen-bond acceptors (Lipinski definition) is 5. The second kappa shape index (κ2) is 8.28. The number of aromatic nitrogens is 2. The number of imidazole rings is 1. The normalized spacial score (nSPS) is 21.1. The van der Waals surface area contributed by atoms with Crippen LogP contribution in [-0.4, -0.2) is 77.6 Å². The number of benzene rings is 1. The van der Waals surface area contributed by atoms with E-state index in [0.29, 0.717) is 19.6 Å². The maximum Gasteiger partial charge on any atom is 0.236 e. The number of carbonyl (C=O) groups is 1. The van der Waals surface area contributed by atoms with Crippen LogP contribution in [0, 0.1) is 5.82 Å². The van der Waals surface area contributed by atoms with Crippen LogP contribution < -0.4 is 10.2 Å². The number of hydrogen-bond donors (Lipinski definition) is 1. The molecule has 0 saturated carbocycles. The Morgan fingerprint density at radius 2 is 1.93 bits per heavy atom. The lowest BCUT2D eigenvalue weighted by Gasteiger charge is -2.39. The molecule has 4 rings (SSSR count). The molecule has 0 aliphatic carbocycles. The van der Waals surface area contributed by atoms with Crippen LogP contribution in [0.25, 0.3) is 0 Å². The Kier molecular flexibility index (Phi) is 5.59. The second-order valence-electron chi connectivity index (χ2n) is 7.43. The summed E-state index contributed by atoms with van der Waals surface area (Å²) in [6.45, 7) is 5.84. The molecule has 1 amide bonds. The molecule has 1 aromatic carbocycles. The Balaban J connectivity index is 1.35. The van der Waals surface area contributed by atoms with Crippen molar-refractivity contribution in [3.05, 3.63) is 48.3 Å². The van der Waals surface area contributed by atoms with Crippen LogP contribution in [-0.2, 0) is 11.8 Å². The zero-order valence-electron chi connectivity index (χ0n) is 16.2. The van der Waals surface area contributed by atoms with Gasteiger partial charge in [0, 0.05) is 70.9 Å². The summed E-state index contributed by atoms with van der Waals surface area (Å²) in [5.74, 6) is 0.928. The molecule has 1 unspecified atom stereocenters. The van der Waals surface area contributed by atoms with E-state index in [9.17, 15) is 9.18 Å². The van der Waals surface area contributed by atoms with E-state index in [1.54, 1.807) is 18.3 Å². The number of amides is 1. The Morgan fingerprint density at radius 1 is 1.18 bits per heavy atom. The van der Waals surface area contributed by atoms with Crippen molar-refractivity contribution in [2.75, 3.05) is 57.3 Å². The van der Waals surface area contributed by atoms with Crippen molar-refractivity contribution in [3.8, 4) is 0 Å². The summed E-state index contributed by atoms with van der Waals surface area (Å²) < 4.78 is 15.1. The average molecular weight is 386 g/mol. The molecule has 28 heavy (non-hydrogen) atoms. The number of nitrogens with one attached hydrogen (secondary N) is 1. The Bertz CT molecular complexity index is 799. The van der Waals surface area contributed by atoms with Crippen LogP contribution >= 0.6 is 0 Å². The molecule has 150 valence electrons. The minimum Gasteiger partial charge on any atom is -0.368 e. The van der Waals surface area contributed by atoms with Gasteiger partial charge in [-0.05, 0) is 24.3 Å². The van der Waals surface area contributed by atoms with Crippen LogP contribution in [0.15, 0.2) is 36.7 Å². The lowest BCUT2D eigenvalue weighted by molar-refractivity contribution is -0.133. The fourth-order valence-electron chi connectivity index (χ4n) is 4.03. The predicted molar refractivity (Wildman–Crippen MR) is 106 cm³/mol. The molecule has 2 fully saturated rings. The molecule has 2 aliphatic rings. The van der Waals surface area contributed by atoms with Crippen molar-refractivity contribution in [2.24, 2.45) is 7.05 Å². The average Bonchev–Trinajstić information content (AvgIpc) is 3.15. The van der Waals surface area contributed by atoms with Crippen molar-refractivity contribution in [3.63, 3.8) is 0 Å². The molecular weight excluding hydrogens is 359 g/mol. The van der Waals surface area contributed by atoms with Gasteiger partial charge < -0.3 is 19.7 Å². The highest BCUT2D eigenvalue weighted by Crippen LogP contribution is 2.21. The molecule has 1 N–H and O–H groups in total. The van der Waals surface area contributed by atoms with Gasteiger partial charge in [-0.25, -0.2) is 9.37 Å². The first-order valence-corrected chi connectivity index (χ1v) is 9.82. The first-order valence-electron chi connectivity index (χ1n) is 9.82. The van der Waals surface area contributed by atoms with Gasteiger partial charge in [0.1, 0.15) is 11.6 Å². The molecule has 2 aromatic rings. The number of rotatable bonds is 4. The third-order valence-corrected chi connectivity index (χ3v) is 5.67. The molecular formula is C20H27FN6O. The first-order chi connectivity index (χ1) is 13.6. The Labute approximate surface area is 164 Å². The quantitative estimate of drug-likeness (QED) is 0.845. The summed E-state index contributed by atoms with van der Waals surface area (Å²) in [5, 5.41) is 3.41. The van der Waals surface area contributed by atoms with Crippen LogP contribution in [0.5, 0.6) is 0 Å². The lowest BCUT2D eigenvalue weighted by atomic mass is 10.1. The molecule has 2 saturated heterocycles. The molecule has 1 atom stereocenters. The molecule has 3 heterocycles. The highest BCUT2D eigenvalue weighted by Gasteiger charge is 2.30. The monoisotopic (exact) mass is 386 g/mol. The second-order valence-corrected chi connectivity index (χ2v) is 7.43. The van der Waals surface area contributed by atoms with Crippen molar-refractivity contribution in [1.29, 1.82) is 0 Å². The minimum absolute atomic E-state index is 0.109. The molecule has 0 radical (unpaired) electrons.